The number of amidine groups is 1. The highest BCUT2D eigenvalue weighted by Gasteiger charge is 2.33. The van der Waals surface area contributed by atoms with Crippen LogP contribution in [-0.4, -0.2) is 52.4 Å². The first-order valence-electron chi connectivity index (χ1n) is 8.99. The molecule has 4 rings (SSSR count). The number of hydrogen-bond acceptors (Lipinski definition) is 6. The average Bonchev–Trinajstić information content (AvgIpc) is 2.85. The van der Waals surface area contributed by atoms with E-state index in [1.54, 1.807) is 0 Å². The van der Waals surface area contributed by atoms with Gasteiger partial charge in [-0.15, -0.1) is 14.6 Å². The average molecular weight is 407 g/mol. The van der Waals surface area contributed by atoms with Crippen molar-refractivity contribution in [3.63, 3.8) is 0 Å². The van der Waals surface area contributed by atoms with E-state index in [9.17, 15) is 8.42 Å². The zero-order chi connectivity index (χ0) is 18.9. The molecule has 1 atom stereocenters. The van der Waals surface area contributed by atoms with Crippen LogP contribution in [0.25, 0.3) is 11.4 Å². The number of nitrogens with one attached hydrogen (secondary N) is 1. The van der Waals surface area contributed by atoms with Crippen molar-refractivity contribution in [3.05, 3.63) is 30.3 Å². The number of hydrogen-bond donors (Lipinski definition) is 1. The minimum absolute atomic E-state index is 0.317. The number of rotatable bonds is 4. The van der Waals surface area contributed by atoms with Gasteiger partial charge >= 0.3 is 10.2 Å². The summed E-state index contributed by atoms with van der Waals surface area (Å²) in [4.78, 5) is 2.09. The Morgan fingerprint density at radius 2 is 2.00 bits per heavy atom. The zero-order valence-corrected chi connectivity index (χ0v) is 16.7. The molecule has 2 aromatic rings. The fraction of sp³-hybridized carbons (Fsp3) is 0.471. The third kappa shape index (κ3) is 4.02. The topological polar surface area (TPSA) is 92.5 Å². The monoisotopic (exact) mass is 406 g/mol. The Labute approximate surface area is 163 Å². The van der Waals surface area contributed by atoms with Crippen molar-refractivity contribution < 1.29 is 8.42 Å². The van der Waals surface area contributed by atoms with Crippen LogP contribution in [0.3, 0.4) is 0 Å². The summed E-state index contributed by atoms with van der Waals surface area (Å²) in [6.07, 6.45) is 3.52. The van der Waals surface area contributed by atoms with E-state index < -0.39 is 10.2 Å². The second-order valence-electron chi connectivity index (χ2n) is 6.66. The van der Waals surface area contributed by atoms with Gasteiger partial charge in [0.25, 0.3) is 0 Å². The summed E-state index contributed by atoms with van der Waals surface area (Å²) in [5.74, 6) is 2.01. The second-order valence-corrected chi connectivity index (χ2v) is 9.02. The Morgan fingerprint density at radius 1 is 1.19 bits per heavy atom. The van der Waals surface area contributed by atoms with Crippen LogP contribution < -0.4 is 4.72 Å². The molecule has 0 bridgehead atoms. The fourth-order valence-corrected chi connectivity index (χ4v) is 5.54. The van der Waals surface area contributed by atoms with E-state index in [2.05, 4.69) is 24.2 Å². The van der Waals surface area contributed by atoms with Crippen molar-refractivity contribution in [2.45, 2.75) is 37.0 Å². The van der Waals surface area contributed by atoms with Gasteiger partial charge in [-0.25, -0.2) is 0 Å². The van der Waals surface area contributed by atoms with Gasteiger partial charge in [0, 0.05) is 31.3 Å². The maximum Gasteiger partial charge on any atom is 0.323 e. The molecule has 1 saturated heterocycles. The van der Waals surface area contributed by atoms with Crippen molar-refractivity contribution in [1.82, 2.24) is 24.4 Å². The summed E-state index contributed by atoms with van der Waals surface area (Å²) in [6.45, 7) is 0.820. The molecule has 1 aromatic heterocycles. The highest BCUT2D eigenvalue weighted by Crippen LogP contribution is 2.26. The van der Waals surface area contributed by atoms with Gasteiger partial charge in [0.1, 0.15) is 12.0 Å². The van der Waals surface area contributed by atoms with E-state index in [4.69, 9.17) is 0 Å². The van der Waals surface area contributed by atoms with Crippen LogP contribution in [-0.2, 0) is 17.3 Å². The standard InChI is InChI=1S/C17H22N6O2S2/c1-22-16(13-8-4-2-5-9-13)18-19-17(22)26-12-15-21-27(24,25)20-14-10-6-3-7-11-23(14)15/h2,4-5,8-9,15,21H,3,6-7,10-12H2,1H3/t15-/m0/s1. The summed E-state index contributed by atoms with van der Waals surface area (Å²) in [7, 11) is -1.71. The molecule has 144 valence electrons. The lowest BCUT2D eigenvalue weighted by atomic mass is 10.2. The van der Waals surface area contributed by atoms with Crippen molar-refractivity contribution in [2.24, 2.45) is 11.4 Å². The van der Waals surface area contributed by atoms with Crippen LogP contribution in [0.1, 0.15) is 25.7 Å². The van der Waals surface area contributed by atoms with Gasteiger partial charge in [-0.2, -0.15) is 13.1 Å². The fourth-order valence-electron chi connectivity index (χ4n) is 3.41. The number of benzene rings is 1. The summed E-state index contributed by atoms with van der Waals surface area (Å²) < 4.78 is 32.8. The van der Waals surface area contributed by atoms with Crippen LogP contribution in [0.4, 0.5) is 0 Å². The minimum Gasteiger partial charge on any atom is -0.342 e. The lowest BCUT2D eigenvalue weighted by molar-refractivity contribution is 0.310. The maximum atomic E-state index is 12.1. The van der Waals surface area contributed by atoms with Crippen molar-refractivity contribution >= 4 is 27.8 Å². The van der Waals surface area contributed by atoms with E-state index in [-0.39, 0.29) is 6.17 Å². The molecule has 8 nitrogen and oxygen atoms in total. The highest BCUT2D eigenvalue weighted by atomic mass is 32.2. The lowest BCUT2D eigenvalue weighted by Gasteiger charge is -2.35. The van der Waals surface area contributed by atoms with Gasteiger partial charge in [0.15, 0.2) is 11.0 Å². The summed E-state index contributed by atoms with van der Waals surface area (Å²) in [5.41, 5.74) is 1.000. The predicted molar refractivity (Wildman–Crippen MR) is 106 cm³/mol. The molecule has 1 N–H and O–H groups in total. The van der Waals surface area contributed by atoms with Crippen molar-refractivity contribution in [2.75, 3.05) is 12.3 Å². The van der Waals surface area contributed by atoms with Gasteiger partial charge in [0.05, 0.1) is 0 Å². The third-order valence-electron chi connectivity index (χ3n) is 4.75. The molecule has 0 saturated carbocycles. The minimum atomic E-state index is -3.63. The molecular formula is C17H22N6O2S2. The van der Waals surface area contributed by atoms with Crippen LogP contribution in [0.5, 0.6) is 0 Å². The largest absolute Gasteiger partial charge is 0.342 e. The van der Waals surface area contributed by atoms with E-state index in [0.717, 1.165) is 42.4 Å². The van der Waals surface area contributed by atoms with Crippen molar-refractivity contribution in [3.8, 4) is 11.4 Å². The Kier molecular flexibility index (Phi) is 5.20. The molecule has 0 radical (unpaired) electrons. The second kappa shape index (κ2) is 7.61. The maximum absolute atomic E-state index is 12.1. The molecular weight excluding hydrogens is 384 g/mol. The predicted octanol–water partition coefficient (Wildman–Crippen LogP) is 2.02. The molecule has 2 aliphatic heterocycles. The van der Waals surface area contributed by atoms with Gasteiger partial charge in [-0.3, -0.25) is 0 Å². The number of fused-ring (bicyclic) bond motifs is 1. The number of aromatic nitrogens is 3. The SMILES string of the molecule is Cn1c(SC[C@H]2NS(=O)(=O)N=C3CCCCCN32)nnc1-c1ccccc1. The normalized spacial score (nSPS) is 22.0. The van der Waals surface area contributed by atoms with Crippen LogP contribution in [0, 0.1) is 0 Å². The summed E-state index contributed by atoms with van der Waals surface area (Å²) in [5, 5.41) is 9.33. The lowest BCUT2D eigenvalue weighted by Crippen LogP contribution is -2.55. The molecule has 0 aliphatic carbocycles. The van der Waals surface area contributed by atoms with E-state index in [1.807, 2.05) is 41.9 Å². The number of nitrogens with zero attached hydrogens (tertiary/aromatic N) is 5. The number of thioether (sulfide) groups is 1. The van der Waals surface area contributed by atoms with Crippen LogP contribution in [0.2, 0.25) is 0 Å². The van der Waals surface area contributed by atoms with Gasteiger partial charge in [0.2, 0.25) is 0 Å². The molecule has 3 heterocycles. The first kappa shape index (κ1) is 18.5. The first-order chi connectivity index (χ1) is 13.0. The Morgan fingerprint density at radius 3 is 2.81 bits per heavy atom. The molecule has 0 amide bonds. The Bertz CT molecular complexity index is 942. The van der Waals surface area contributed by atoms with Gasteiger partial charge in [-0.05, 0) is 12.8 Å². The van der Waals surface area contributed by atoms with E-state index >= 15 is 0 Å². The van der Waals surface area contributed by atoms with E-state index in [1.165, 1.54) is 11.8 Å². The highest BCUT2D eigenvalue weighted by molar-refractivity contribution is 7.99. The quantitative estimate of drug-likeness (QED) is 0.781. The molecule has 27 heavy (non-hydrogen) atoms. The third-order valence-corrected chi connectivity index (χ3v) is 6.87. The summed E-state index contributed by atoms with van der Waals surface area (Å²) >= 11 is 1.50. The van der Waals surface area contributed by atoms with Gasteiger partial charge < -0.3 is 9.47 Å². The zero-order valence-electron chi connectivity index (χ0n) is 15.1. The summed E-state index contributed by atoms with van der Waals surface area (Å²) in [6, 6.07) is 9.88. The van der Waals surface area contributed by atoms with E-state index in [0.29, 0.717) is 18.0 Å². The van der Waals surface area contributed by atoms with Crippen molar-refractivity contribution in [1.29, 1.82) is 0 Å². The molecule has 1 aromatic carbocycles. The molecule has 10 heteroatoms. The molecule has 0 spiro atoms. The Balaban J connectivity index is 1.51. The van der Waals surface area contributed by atoms with Crippen LogP contribution in [0.15, 0.2) is 39.9 Å². The molecule has 1 fully saturated rings. The molecule has 2 aliphatic rings. The smallest absolute Gasteiger partial charge is 0.323 e. The Hall–Kier alpha value is -1.91. The first-order valence-corrected chi connectivity index (χ1v) is 11.4. The van der Waals surface area contributed by atoms with Gasteiger partial charge in [-0.1, -0.05) is 48.5 Å². The van der Waals surface area contributed by atoms with Crippen LogP contribution >= 0.6 is 11.8 Å². The molecule has 0 unspecified atom stereocenters.